The summed E-state index contributed by atoms with van der Waals surface area (Å²) in [5.41, 5.74) is 1.02. The number of pyridine rings is 1. The molecule has 1 aromatic heterocycles. The first kappa shape index (κ1) is 7.66. The van der Waals surface area contributed by atoms with Crippen LogP contribution in [0, 0.1) is 12.7 Å². The first-order valence-electron chi connectivity index (χ1n) is 2.92. The van der Waals surface area contributed by atoms with Gasteiger partial charge in [0.25, 0.3) is 0 Å². The van der Waals surface area contributed by atoms with Gasteiger partial charge in [-0.1, -0.05) is 0 Å². The number of hydrogen-bond donors (Lipinski definition) is 0. The maximum atomic E-state index is 12.7. The summed E-state index contributed by atoms with van der Waals surface area (Å²) in [5, 5.41) is 0. The van der Waals surface area contributed by atoms with E-state index in [4.69, 9.17) is 0 Å². The Morgan fingerprint density at radius 1 is 1.60 bits per heavy atom. The van der Waals surface area contributed by atoms with Crippen molar-refractivity contribution in [3.8, 4) is 0 Å². The normalized spacial score (nSPS) is 10.0. The van der Waals surface area contributed by atoms with Crippen molar-refractivity contribution in [1.82, 2.24) is 0 Å². The van der Waals surface area contributed by atoms with E-state index in [1.807, 2.05) is 14.0 Å². The SMILES string of the molecule is Cc1cc(Br)c(F)c[n+]1C. The Bertz CT molecular complexity index is 210. The molecule has 0 bridgehead atoms. The molecule has 1 heterocycles. The summed E-state index contributed by atoms with van der Waals surface area (Å²) in [7, 11) is 1.81. The molecule has 54 valence electrons. The summed E-state index contributed by atoms with van der Waals surface area (Å²) in [5.74, 6) is -0.229. The Morgan fingerprint density at radius 3 is 2.70 bits per heavy atom. The molecule has 0 atom stereocenters. The molecule has 0 amide bonds. The van der Waals surface area contributed by atoms with E-state index in [2.05, 4.69) is 15.9 Å². The number of rotatable bonds is 0. The molecule has 0 unspecified atom stereocenters. The molecule has 1 nitrogen and oxygen atoms in total. The molecule has 3 heteroatoms. The van der Waals surface area contributed by atoms with Gasteiger partial charge in [-0.05, 0) is 15.9 Å². The Labute approximate surface area is 67.6 Å². The summed E-state index contributed by atoms with van der Waals surface area (Å²) >= 11 is 3.09. The molecule has 1 rings (SSSR count). The zero-order chi connectivity index (χ0) is 7.72. The molecular weight excluding hydrogens is 197 g/mol. The van der Waals surface area contributed by atoms with Gasteiger partial charge in [-0.2, -0.15) is 4.39 Å². The number of hydrogen-bond acceptors (Lipinski definition) is 0. The van der Waals surface area contributed by atoms with E-state index in [1.54, 1.807) is 10.6 Å². The molecule has 0 spiro atoms. The minimum Gasteiger partial charge on any atom is -0.203 e. The van der Waals surface area contributed by atoms with Crippen LogP contribution >= 0.6 is 15.9 Å². The second-order valence-electron chi connectivity index (χ2n) is 2.22. The van der Waals surface area contributed by atoms with E-state index in [9.17, 15) is 4.39 Å². The van der Waals surface area contributed by atoms with Gasteiger partial charge in [0.1, 0.15) is 7.05 Å². The van der Waals surface area contributed by atoms with Crippen LogP contribution in [-0.4, -0.2) is 0 Å². The van der Waals surface area contributed by atoms with Crippen LogP contribution < -0.4 is 4.57 Å². The van der Waals surface area contributed by atoms with Crippen molar-refractivity contribution in [1.29, 1.82) is 0 Å². The van der Waals surface area contributed by atoms with Crippen molar-refractivity contribution in [2.75, 3.05) is 0 Å². The molecule has 0 fully saturated rings. The predicted molar refractivity (Wildman–Crippen MR) is 40.0 cm³/mol. The van der Waals surface area contributed by atoms with E-state index in [-0.39, 0.29) is 5.82 Å². The number of halogens is 2. The largest absolute Gasteiger partial charge is 0.205 e. The fourth-order valence-electron chi connectivity index (χ4n) is 0.688. The van der Waals surface area contributed by atoms with Gasteiger partial charge in [-0.3, -0.25) is 0 Å². The van der Waals surface area contributed by atoms with Gasteiger partial charge in [-0.15, -0.1) is 0 Å². The van der Waals surface area contributed by atoms with Crippen molar-refractivity contribution in [3.05, 3.63) is 28.2 Å². The van der Waals surface area contributed by atoms with Crippen molar-refractivity contribution >= 4 is 15.9 Å². The van der Waals surface area contributed by atoms with Crippen LogP contribution in [0.4, 0.5) is 4.39 Å². The highest BCUT2D eigenvalue weighted by Crippen LogP contribution is 2.12. The van der Waals surface area contributed by atoms with Gasteiger partial charge in [0.2, 0.25) is 12.0 Å². The topological polar surface area (TPSA) is 3.88 Å². The minimum atomic E-state index is -0.229. The zero-order valence-electron chi connectivity index (χ0n) is 5.86. The van der Waals surface area contributed by atoms with Crippen LogP contribution in [0.15, 0.2) is 16.7 Å². The van der Waals surface area contributed by atoms with E-state index in [1.165, 1.54) is 6.20 Å². The van der Waals surface area contributed by atoms with Gasteiger partial charge >= 0.3 is 0 Å². The predicted octanol–water partition coefficient (Wildman–Crippen LogP) is 1.72. The highest BCUT2D eigenvalue weighted by molar-refractivity contribution is 9.10. The Balaban J connectivity index is 3.28. The first-order chi connectivity index (χ1) is 4.61. The summed E-state index contributed by atoms with van der Waals surface area (Å²) in [4.78, 5) is 0. The Kier molecular flexibility index (Phi) is 2.04. The molecule has 0 aliphatic rings. The van der Waals surface area contributed by atoms with Crippen molar-refractivity contribution < 1.29 is 8.96 Å². The third-order valence-corrected chi connectivity index (χ3v) is 2.03. The average Bonchev–Trinajstić information content (AvgIpc) is 1.84. The lowest BCUT2D eigenvalue weighted by molar-refractivity contribution is -0.679. The highest BCUT2D eigenvalue weighted by atomic mass is 79.9. The Morgan fingerprint density at radius 2 is 2.20 bits per heavy atom. The molecule has 0 aromatic carbocycles. The molecule has 0 aliphatic heterocycles. The molecule has 0 aliphatic carbocycles. The summed E-state index contributed by atoms with van der Waals surface area (Å²) in [6, 6.07) is 1.75. The van der Waals surface area contributed by atoms with Gasteiger partial charge in [0, 0.05) is 13.0 Å². The molecule has 1 aromatic rings. The second-order valence-corrected chi connectivity index (χ2v) is 3.08. The number of aromatic nitrogens is 1. The van der Waals surface area contributed by atoms with Crippen LogP contribution in [-0.2, 0) is 7.05 Å². The van der Waals surface area contributed by atoms with Gasteiger partial charge in [0.15, 0.2) is 5.69 Å². The van der Waals surface area contributed by atoms with Crippen molar-refractivity contribution in [2.45, 2.75) is 6.92 Å². The number of nitrogens with zero attached hydrogens (tertiary/aromatic N) is 1. The van der Waals surface area contributed by atoms with Crippen molar-refractivity contribution in [2.24, 2.45) is 7.05 Å². The van der Waals surface area contributed by atoms with Crippen LogP contribution in [0.1, 0.15) is 5.69 Å². The maximum absolute atomic E-state index is 12.7. The first-order valence-corrected chi connectivity index (χ1v) is 3.72. The van der Waals surface area contributed by atoms with Crippen molar-refractivity contribution in [3.63, 3.8) is 0 Å². The number of aryl methyl sites for hydroxylation is 2. The lowest BCUT2D eigenvalue weighted by Gasteiger charge is -1.94. The summed E-state index contributed by atoms with van der Waals surface area (Å²) in [6.45, 7) is 1.92. The lowest BCUT2D eigenvalue weighted by atomic mass is 10.4. The average molecular weight is 205 g/mol. The third kappa shape index (κ3) is 1.34. The fraction of sp³-hybridized carbons (Fsp3) is 0.286. The van der Waals surface area contributed by atoms with Crippen LogP contribution in [0.25, 0.3) is 0 Å². The van der Waals surface area contributed by atoms with E-state index < -0.39 is 0 Å². The van der Waals surface area contributed by atoms with Crippen LogP contribution in [0.2, 0.25) is 0 Å². The molecular formula is C7H8BrFN+. The second kappa shape index (κ2) is 2.66. The molecule has 10 heavy (non-hydrogen) atoms. The fourth-order valence-corrected chi connectivity index (χ4v) is 1.12. The maximum Gasteiger partial charge on any atom is 0.205 e. The van der Waals surface area contributed by atoms with E-state index in [0.717, 1.165) is 5.69 Å². The third-order valence-electron chi connectivity index (χ3n) is 1.43. The molecule has 0 radical (unpaired) electrons. The summed E-state index contributed by atoms with van der Waals surface area (Å²) < 4.78 is 14.9. The Hall–Kier alpha value is -0.440. The lowest BCUT2D eigenvalue weighted by Crippen LogP contribution is -2.31. The standard InChI is InChI=1S/C7H8BrFN/c1-5-3-6(8)7(9)4-10(5)2/h3-4H,1-2H3/q+1. The monoisotopic (exact) mass is 204 g/mol. The van der Waals surface area contributed by atoms with E-state index >= 15 is 0 Å². The van der Waals surface area contributed by atoms with Crippen LogP contribution in [0.3, 0.4) is 0 Å². The van der Waals surface area contributed by atoms with Crippen LogP contribution in [0.5, 0.6) is 0 Å². The smallest absolute Gasteiger partial charge is 0.203 e. The molecule has 0 saturated heterocycles. The highest BCUT2D eigenvalue weighted by Gasteiger charge is 2.06. The van der Waals surface area contributed by atoms with Gasteiger partial charge in [0.05, 0.1) is 4.47 Å². The minimum absolute atomic E-state index is 0.229. The molecule has 0 saturated carbocycles. The van der Waals surface area contributed by atoms with Gasteiger partial charge in [-0.25, -0.2) is 4.57 Å². The zero-order valence-corrected chi connectivity index (χ0v) is 7.44. The summed E-state index contributed by atoms with van der Waals surface area (Å²) in [6.07, 6.45) is 1.44. The van der Waals surface area contributed by atoms with E-state index in [0.29, 0.717) is 4.47 Å². The molecule has 0 N–H and O–H groups in total. The van der Waals surface area contributed by atoms with Gasteiger partial charge < -0.3 is 0 Å². The quantitative estimate of drug-likeness (QED) is 0.568.